The normalized spacial score (nSPS) is 10.5. The molecule has 0 atom stereocenters. The van der Waals surface area contributed by atoms with Crippen molar-refractivity contribution in [3.8, 4) is 0 Å². The molecule has 2 nitrogen and oxygen atoms in total. The highest BCUT2D eigenvalue weighted by molar-refractivity contribution is 9.10. The average molecular weight is 319 g/mol. The molecule has 19 heavy (non-hydrogen) atoms. The van der Waals surface area contributed by atoms with E-state index in [1.54, 1.807) is 0 Å². The van der Waals surface area contributed by atoms with Gasteiger partial charge in [0.25, 0.3) is 0 Å². The first-order valence-electron chi connectivity index (χ1n) is 6.43. The van der Waals surface area contributed by atoms with Gasteiger partial charge in [-0.3, -0.25) is 0 Å². The molecule has 2 aromatic rings. The van der Waals surface area contributed by atoms with Crippen LogP contribution in [0, 0.1) is 0 Å². The Morgan fingerprint density at radius 1 is 1.05 bits per heavy atom. The number of nitrogens with two attached hydrogens (primary N) is 1. The molecule has 2 N–H and O–H groups in total. The summed E-state index contributed by atoms with van der Waals surface area (Å²) < 4.78 is 1.08. The van der Waals surface area contributed by atoms with Crippen molar-refractivity contribution in [2.24, 2.45) is 5.73 Å². The molecule has 0 unspecified atom stereocenters. The molecule has 0 saturated carbocycles. The minimum absolute atomic E-state index is 0.568. The zero-order valence-electron chi connectivity index (χ0n) is 11.1. The van der Waals surface area contributed by atoms with Crippen molar-refractivity contribution in [1.29, 1.82) is 0 Å². The Kier molecular flexibility index (Phi) is 5.00. The molecule has 0 heterocycles. The SMILES string of the molecule is CN(CCc1ccccc1)c1cc(Br)cc(CN)c1. The number of rotatable bonds is 5. The van der Waals surface area contributed by atoms with Crippen LogP contribution in [0.1, 0.15) is 11.1 Å². The first-order valence-corrected chi connectivity index (χ1v) is 7.23. The van der Waals surface area contributed by atoms with Crippen molar-refractivity contribution < 1.29 is 0 Å². The molecule has 0 bridgehead atoms. The van der Waals surface area contributed by atoms with E-state index >= 15 is 0 Å². The summed E-state index contributed by atoms with van der Waals surface area (Å²) in [5.74, 6) is 0. The number of benzene rings is 2. The van der Waals surface area contributed by atoms with Gasteiger partial charge in [-0.1, -0.05) is 46.3 Å². The van der Waals surface area contributed by atoms with Gasteiger partial charge in [0.05, 0.1) is 0 Å². The van der Waals surface area contributed by atoms with E-state index in [1.807, 2.05) is 0 Å². The zero-order valence-corrected chi connectivity index (χ0v) is 12.7. The Labute approximate surface area is 123 Å². The Morgan fingerprint density at radius 2 is 1.79 bits per heavy atom. The lowest BCUT2D eigenvalue weighted by atomic mass is 10.1. The molecule has 0 amide bonds. The van der Waals surface area contributed by atoms with Crippen LogP contribution in [0.15, 0.2) is 53.0 Å². The summed E-state index contributed by atoms with van der Waals surface area (Å²) in [5, 5.41) is 0. The van der Waals surface area contributed by atoms with Gasteiger partial charge in [-0.05, 0) is 35.7 Å². The van der Waals surface area contributed by atoms with E-state index < -0.39 is 0 Å². The largest absolute Gasteiger partial charge is 0.374 e. The molecule has 0 aliphatic carbocycles. The van der Waals surface area contributed by atoms with Crippen LogP contribution in [0.5, 0.6) is 0 Å². The lowest BCUT2D eigenvalue weighted by Gasteiger charge is -2.20. The molecule has 0 radical (unpaired) electrons. The second-order valence-corrected chi connectivity index (χ2v) is 5.59. The fourth-order valence-electron chi connectivity index (χ4n) is 2.04. The van der Waals surface area contributed by atoms with Crippen LogP contribution in [-0.2, 0) is 13.0 Å². The molecule has 2 aromatic carbocycles. The molecule has 2 rings (SSSR count). The van der Waals surface area contributed by atoms with Gasteiger partial charge < -0.3 is 10.6 Å². The van der Waals surface area contributed by atoms with Crippen LogP contribution in [0.3, 0.4) is 0 Å². The Bertz CT molecular complexity index is 526. The predicted octanol–water partition coefficient (Wildman–Crippen LogP) is 3.59. The van der Waals surface area contributed by atoms with Crippen molar-refractivity contribution in [1.82, 2.24) is 0 Å². The summed E-state index contributed by atoms with van der Waals surface area (Å²) in [6, 6.07) is 16.9. The van der Waals surface area contributed by atoms with Crippen molar-refractivity contribution in [2.75, 3.05) is 18.5 Å². The van der Waals surface area contributed by atoms with Crippen LogP contribution in [0.2, 0.25) is 0 Å². The monoisotopic (exact) mass is 318 g/mol. The summed E-state index contributed by atoms with van der Waals surface area (Å²) in [6.07, 6.45) is 1.04. The van der Waals surface area contributed by atoms with E-state index in [0.717, 1.165) is 23.0 Å². The van der Waals surface area contributed by atoms with E-state index in [4.69, 9.17) is 5.73 Å². The summed E-state index contributed by atoms with van der Waals surface area (Å²) in [4.78, 5) is 2.26. The molecular weight excluding hydrogens is 300 g/mol. The highest BCUT2D eigenvalue weighted by Crippen LogP contribution is 2.22. The second-order valence-electron chi connectivity index (χ2n) is 4.68. The molecule has 100 valence electrons. The lowest BCUT2D eigenvalue weighted by molar-refractivity contribution is 0.874. The summed E-state index contributed by atoms with van der Waals surface area (Å²) in [6.45, 7) is 1.56. The molecule has 0 saturated heterocycles. The van der Waals surface area contributed by atoms with Crippen molar-refractivity contribution in [2.45, 2.75) is 13.0 Å². The van der Waals surface area contributed by atoms with Gasteiger partial charge in [-0.15, -0.1) is 0 Å². The van der Waals surface area contributed by atoms with Crippen LogP contribution in [0.25, 0.3) is 0 Å². The van der Waals surface area contributed by atoms with Crippen LogP contribution < -0.4 is 10.6 Å². The number of nitrogens with zero attached hydrogens (tertiary/aromatic N) is 1. The summed E-state index contributed by atoms with van der Waals surface area (Å²) >= 11 is 3.54. The summed E-state index contributed by atoms with van der Waals surface area (Å²) in [5.41, 5.74) is 9.43. The van der Waals surface area contributed by atoms with E-state index in [2.05, 4.69) is 76.4 Å². The molecule has 0 spiro atoms. The molecular formula is C16H19BrN2. The number of halogens is 1. The van der Waals surface area contributed by atoms with Crippen molar-refractivity contribution >= 4 is 21.6 Å². The third-order valence-electron chi connectivity index (χ3n) is 3.20. The second kappa shape index (κ2) is 6.73. The van der Waals surface area contributed by atoms with E-state index in [9.17, 15) is 0 Å². The van der Waals surface area contributed by atoms with Gasteiger partial charge in [0.2, 0.25) is 0 Å². The Hall–Kier alpha value is -1.32. The van der Waals surface area contributed by atoms with Crippen LogP contribution in [-0.4, -0.2) is 13.6 Å². The van der Waals surface area contributed by atoms with Gasteiger partial charge in [0.15, 0.2) is 0 Å². The lowest BCUT2D eigenvalue weighted by Crippen LogP contribution is -2.20. The minimum Gasteiger partial charge on any atom is -0.374 e. The number of likely N-dealkylation sites (N-methyl/N-ethyl adjacent to an activating group) is 1. The van der Waals surface area contributed by atoms with Crippen LogP contribution in [0.4, 0.5) is 5.69 Å². The first-order chi connectivity index (χ1) is 9.19. The van der Waals surface area contributed by atoms with Gasteiger partial charge in [0.1, 0.15) is 0 Å². The average Bonchev–Trinajstić information content (AvgIpc) is 2.45. The maximum absolute atomic E-state index is 5.71. The minimum atomic E-state index is 0.568. The van der Waals surface area contributed by atoms with Gasteiger partial charge in [-0.25, -0.2) is 0 Å². The van der Waals surface area contributed by atoms with Gasteiger partial charge >= 0.3 is 0 Å². The Balaban J connectivity index is 2.03. The van der Waals surface area contributed by atoms with Gasteiger partial charge in [0, 0.05) is 30.3 Å². The number of hydrogen-bond acceptors (Lipinski definition) is 2. The fraction of sp³-hybridized carbons (Fsp3) is 0.250. The zero-order chi connectivity index (χ0) is 13.7. The smallest absolute Gasteiger partial charge is 0.0378 e. The predicted molar refractivity (Wildman–Crippen MR) is 85.4 cm³/mol. The fourth-order valence-corrected chi connectivity index (χ4v) is 2.57. The Morgan fingerprint density at radius 3 is 2.47 bits per heavy atom. The highest BCUT2D eigenvalue weighted by atomic mass is 79.9. The third-order valence-corrected chi connectivity index (χ3v) is 3.66. The maximum Gasteiger partial charge on any atom is 0.0378 e. The number of hydrogen-bond donors (Lipinski definition) is 1. The van der Waals surface area contributed by atoms with E-state index in [1.165, 1.54) is 11.3 Å². The molecule has 0 aliphatic heterocycles. The molecule has 0 aliphatic rings. The standard InChI is InChI=1S/C16H19BrN2/c1-19(8-7-13-5-3-2-4-6-13)16-10-14(12-18)9-15(17)11-16/h2-6,9-11H,7-8,12,18H2,1H3. The van der Waals surface area contributed by atoms with Crippen molar-refractivity contribution in [3.05, 3.63) is 64.1 Å². The quantitative estimate of drug-likeness (QED) is 0.912. The van der Waals surface area contributed by atoms with E-state index in [-0.39, 0.29) is 0 Å². The summed E-state index contributed by atoms with van der Waals surface area (Å²) in [7, 11) is 2.12. The first kappa shape index (κ1) is 14.1. The van der Waals surface area contributed by atoms with Crippen LogP contribution >= 0.6 is 15.9 Å². The molecule has 0 aromatic heterocycles. The van der Waals surface area contributed by atoms with E-state index in [0.29, 0.717) is 6.54 Å². The third kappa shape index (κ3) is 4.08. The number of anilines is 1. The van der Waals surface area contributed by atoms with Crippen molar-refractivity contribution in [3.63, 3.8) is 0 Å². The topological polar surface area (TPSA) is 29.3 Å². The van der Waals surface area contributed by atoms with Gasteiger partial charge in [-0.2, -0.15) is 0 Å². The highest BCUT2D eigenvalue weighted by Gasteiger charge is 2.04. The molecule has 0 fully saturated rings. The molecule has 3 heteroatoms. The maximum atomic E-state index is 5.71.